The number of methoxy groups -OCH3 is 1. The Kier molecular flexibility index (Phi) is 3.14. The van der Waals surface area contributed by atoms with Gasteiger partial charge in [0.2, 0.25) is 0 Å². The summed E-state index contributed by atoms with van der Waals surface area (Å²) in [4.78, 5) is 19.5. The summed E-state index contributed by atoms with van der Waals surface area (Å²) in [7, 11) is 1.39. The Labute approximate surface area is 116 Å². The first-order valence-corrected chi connectivity index (χ1v) is 6.72. The fourth-order valence-electron chi connectivity index (χ4n) is 2.68. The van der Waals surface area contributed by atoms with Crippen LogP contribution in [0, 0.1) is 0 Å². The van der Waals surface area contributed by atoms with E-state index in [1.807, 2.05) is 18.2 Å². The van der Waals surface area contributed by atoms with Gasteiger partial charge in [0.15, 0.2) is 5.69 Å². The second-order valence-electron chi connectivity index (χ2n) is 4.79. The summed E-state index contributed by atoms with van der Waals surface area (Å²) in [6.07, 6.45) is 3.46. The van der Waals surface area contributed by atoms with Gasteiger partial charge in [-0.1, -0.05) is 31.5 Å². The second-order valence-corrected chi connectivity index (χ2v) is 4.79. The highest BCUT2D eigenvalue weighted by Gasteiger charge is 2.18. The molecule has 0 bridgehead atoms. The molecule has 4 heteroatoms. The van der Waals surface area contributed by atoms with Crippen LogP contribution in [-0.2, 0) is 11.2 Å². The maximum atomic E-state index is 11.9. The molecule has 0 saturated carbocycles. The van der Waals surface area contributed by atoms with E-state index in [2.05, 4.69) is 23.0 Å². The monoisotopic (exact) mass is 268 g/mol. The van der Waals surface area contributed by atoms with Crippen molar-refractivity contribution in [2.24, 2.45) is 0 Å². The Hall–Kier alpha value is -2.36. The Morgan fingerprint density at radius 1 is 1.30 bits per heavy atom. The van der Waals surface area contributed by atoms with Crippen molar-refractivity contribution in [2.45, 2.75) is 19.8 Å². The summed E-state index contributed by atoms with van der Waals surface area (Å²) in [6, 6.07) is 8.09. The zero-order valence-corrected chi connectivity index (χ0v) is 11.6. The highest BCUT2D eigenvalue weighted by Crippen LogP contribution is 2.30. The van der Waals surface area contributed by atoms with Crippen LogP contribution in [0.15, 0.2) is 30.5 Å². The fraction of sp³-hybridized carbons (Fsp3) is 0.250. The number of aromatic nitrogens is 2. The number of H-pyrrole nitrogens is 1. The molecule has 2 aromatic heterocycles. The van der Waals surface area contributed by atoms with Gasteiger partial charge in [-0.15, -0.1) is 0 Å². The molecular weight excluding hydrogens is 252 g/mol. The molecule has 1 N–H and O–H groups in total. The van der Waals surface area contributed by atoms with Crippen LogP contribution in [0.5, 0.6) is 0 Å². The lowest BCUT2D eigenvalue weighted by atomic mass is 10.0. The fourth-order valence-corrected chi connectivity index (χ4v) is 2.68. The number of aryl methyl sites for hydroxylation is 1. The number of carbonyl (C=O) groups excluding carboxylic acids is 1. The van der Waals surface area contributed by atoms with Crippen molar-refractivity contribution in [3.8, 4) is 0 Å². The molecule has 20 heavy (non-hydrogen) atoms. The number of aromatic amines is 1. The van der Waals surface area contributed by atoms with Gasteiger partial charge in [0.25, 0.3) is 0 Å². The highest BCUT2D eigenvalue weighted by molar-refractivity contribution is 6.11. The molecule has 0 aliphatic heterocycles. The van der Waals surface area contributed by atoms with Crippen LogP contribution in [0.1, 0.15) is 29.4 Å². The standard InChI is InChI=1S/C16H16N2O2/c1-3-6-11-14-10-7-4-5-8-12(10)18-13(14)9-17-15(11)16(19)20-2/h4-5,7-9,18H,3,6H2,1-2H3. The summed E-state index contributed by atoms with van der Waals surface area (Å²) in [5, 5.41) is 2.20. The van der Waals surface area contributed by atoms with Gasteiger partial charge >= 0.3 is 5.97 Å². The van der Waals surface area contributed by atoms with Gasteiger partial charge in [-0.05, 0) is 18.1 Å². The number of carbonyl (C=O) groups is 1. The number of benzene rings is 1. The minimum absolute atomic E-state index is 0.374. The first-order chi connectivity index (χ1) is 9.76. The molecular formula is C16H16N2O2. The number of hydrogen-bond donors (Lipinski definition) is 1. The lowest BCUT2D eigenvalue weighted by Gasteiger charge is -2.08. The van der Waals surface area contributed by atoms with Crippen molar-refractivity contribution in [2.75, 3.05) is 7.11 Å². The van der Waals surface area contributed by atoms with Crippen molar-refractivity contribution >= 4 is 27.8 Å². The van der Waals surface area contributed by atoms with E-state index in [1.165, 1.54) is 7.11 Å². The average molecular weight is 268 g/mol. The lowest BCUT2D eigenvalue weighted by molar-refractivity contribution is 0.0593. The zero-order valence-electron chi connectivity index (χ0n) is 11.6. The molecule has 4 nitrogen and oxygen atoms in total. The molecule has 0 aliphatic rings. The van der Waals surface area contributed by atoms with Gasteiger partial charge in [0.1, 0.15) is 0 Å². The van der Waals surface area contributed by atoms with Crippen molar-refractivity contribution in [3.05, 3.63) is 41.7 Å². The molecule has 1 aromatic carbocycles. The highest BCUT2D eigenvalue weighted by atomic mass is 16.5. The Balaban J connectivity index is 2.40. The quantitative estimate of drug-likeness (QED) is 0.740. The molecule has 3 rings (SSSR count). The maximum Gasteiger partial charge on any atom is 0.356 e. The largest absolute Gasteiger partial charge is 0.464 e. The van der Waals surface area contributed by atoms with Crippen molar-refractivity contribution < 1.29 is 9.53 Å². The number of fused-ring (bicyclic) bond motifs is 3. The molecule has 0 fully saturated rings. The first-order valence-electron chi connectivity index (χ1n) is 6.72. The number of ether oxygens (including phenoxy) is 1. The van der Waals surface area contributed by atoms with E-state index in [0.717, 1.165) is 40.2 Å². The summed E-state index contributed by atoms with van der Waals surface area (Å²) >= 11 is 0. The number of pyridine rings is 1. The molecule has 3 aromatic rings. The van der Waals surface area contributed by atoms with Crippen molar-refractivity contribution in [1.29, 1.82) is 0 Å². The van der Waals surface area contributed by atoms with Crippen molar-refractivity contribution in [1.82, 2.24) is 9.97 Å². The normalized spacial score (nSPS) is 11.1. The van der Waals surface area contributed by atoms with E-state index in [-0.39, 0.29) is 5.97 Å². The predicted molar refractivity (Wildman–Crippen MR) is 78.9 cm³/mol. The predicted octanol–water partition coefficient (Wildman–Crippen LogP) is 3.46. The molecule has 102 valence electrons. The van der Waals surface area contributed by atoms with Crippen LogP contribution < -0.4 is 0 Å². The van der Waals surface area contributed by atoms with Gasteiger partial charge in [-0.3, -0.25) is 0 Å². The smallest absolute Gasteiger partial charge is 0.356 e. The number of para-hydroxylation sites is 1. The first kappa shape index (κ1) is 12.7. The second kappa shape index (κ2) is 4.96. The van der Waals surface area contributed by atoms with Crippen LogP contribution >= 0.6 is 0 Å². The van der Waals surface area contributed by atoms with Gasteiger partial charge in [-0.2, -0.15) is 0 Å². The van der Waals surface area contributed by atoms with Crippen LogP contribution in [-0.4, -0.2) is 23.0 Å². The van der Waals surface area contributed by atoms with E-state index in [1.54, 1.807) is 6.20 Å². The lowest BCUT2D eigenvalue weighted by Crippen LogP contribution is -2.09. The Bertz CT molecular complexity index is 790. The summed E-state index contributed by atoms with van der Waals surface area (Å²) in [5.74, 6) is -0.374. The average Bonchev–Trinajstić information content (AvgIpc) is 2.86. The summed E-state index contributed by atoms with van der Waals surface area (Å²) in [6.45, 7) is 2.09. The number of esters is 1. The topological polar surface area (TPSA) is 55.0 Å². The van der Waals surface area contributed by atoms with Crippen molar-refractivity contribution in [3.63, 3.8) is 0 Å². The molecule has 0 amide bonds. The molecule has 0 aliphatic carbocycles. The molecule has 0 spiro atoms. The molecule has 0 atom stereocenters. The van der Waals surface area contributed by atoms with E-state index < -0.39 is 0 Å². The van der Waals surface area contributed by atoms with Crippen LogP contribution in [0.3, 0.4) is 0 Å². The minimum Gasteiger partial charge on any atom is -0.464 e. The van der Waals surface area contributed by atoms with E-state index in [4.69, 9.17) is 4.74 Å². The third-order valence-corrected chi connectivity index (χ3v) is 3.52. The third-order valence-electron chi connectivity index (χ3n) is 3.52. The zero-order chi connectivity index (χ0) is 14.1. The molecule has 0 unspecified atom stereocenters. The number of nitrogens with zero attached hydrogens (tertiary/aromatic N) is 1. The van der Waals surface area contributed by atoms with E-state index in [9.17, 15) is 4.79 Å². The maximum absolute atomic E-state index is 11.9. The number of rotatable bonds is 3. The van der Waals surface area contributed by atoms with Gasteiger partial charge in [-0.25, -0.2) is 9.78 Å². The van der Waals surface area contributed by atoms with Crippen LogP contribution in [0.4, 0.5) is 0 Å². The third kappa shape index (κ3) is 1.84. The van der Waals surface area contributed by atoms with Crippen LogP contribution in [0.2, 0.25) is 0 Å². The minimum atomic E-state index is -0.374. The van der Waals surface area contributed by atoms with Gasteiger partial charge in [0, 0.05) is 16.3 Å². The SMILES string of the molecule is CCCc1c(C(=O)OC)ncc2[nH]c3ccccc3c12. The van der Waals surface area contributed by atoms with Crippen LogP contribution in [0.25, 0.3) is 21.8 Å². The molecule has 0 saturated heterocycles. The van der Waals surface area contributed by atoms with E-state index in [0.29, 0.717) is 5.69 Å². The molecule has 2 heterocycles. The van der Waals surface area contributed by atoms with Gasteiger partial charge in [0.05, 0.1) is 18.8 Å². The number of nitrogens with one attached hydrogen (secondary N) is 1. The number of hydrogen-bond acceptors (Lipinski definition) is 3. The summed E-state index contributed by atoms with van der Waals surface area (Å²) < 4.78 is 4.85. The summed E-state index contributed by atoms with van der Waals surface area (Å²) in [5.41, 5.74) is 3.41. The Morgan fingerprint density at radius 3 is 2.85 bits per heavy atom. The molecule has 0 radical (unpaired) electrons. The van der Waals surface area contributed by atoms with E-state index >= 15 is 0 Å². The van der Waals surface area contributed by atoms with Gasteiger partial charge < -0.3 is 9.72 Å². The Morgan fingerprint density at radius 2 is 2.10 bits per heavy atom.